The van der Waals surface area contributed by atoms with Crippen LogP contribution >= 0.6 is 0 Å². The molecule has 1 aromatic carbocycles. The highest BCUT2D eigenvalue weighted by molar-refractivity contribution is 5.94. The Morgan fingerprint density at radius 2 is 1.74 bits per heavy atom. The van der Waals surface area contributed by atoms with E-state index in [0.29, 0.717) is 12.1 Å². The molecule has 0 radical (unpaired) electrons. The molecule has 2 aromatic heterocycles. The van der Waals surface area contributed by atoms with Gasteiger partial charge in [0.25, 0.3) is 0 Å². The number of carbonyl (C=O) groups excluding carboxylic acids is 3. The smallest absolute Gasteiger partial charge is 0.325 e. The number of carboxylic acids is 1. The van der Waals surface area contributed by atoms with E-state index in [1.54, 1.807) is 13.1 Å². The maximum absolute atomic E-state index is 13.4. The predicted molar refractivity (Wildman–Crippen MR) is 141 cm³/mol. The molecule has 0 bridgehead atoms. The van der Waals surface area contributed by atoms with E-state index in [0.717, 1.165) is 16.5 Å². The molecule has 3 rings (SSSR count). The number of nitrogens with zero attached hydrogens (tertiary/aromatic N) is 1. The first-order valence-corrected chi connectivity index (χ1v) is 12.5. The molecule has 3 aromatic rings. The molecule has 3 amide bonds. The summed E-state index contributed by atoms with van der Waals surface area (Å²) in [7, 11) is 0. The number of hydrogen-bond donors (Lipinski definition) is 7. The van der Waals surface area contributed by atoms with Crippen LogP contribution in [0.15, 0.2) is 43.0 Å². The van der Waals surface area contributed by atoms with Gasteiger partial charge < -0.3 is 36.8 Å². The Hall–Kier alpha value is -4.19. The molecule has 0 aliphatic carbocycles. The average Bonchev–Trinajstić information content (AvgIpc) is 3.56. The largest absolute Gasteiger partial charge is 0.480 e. The first-order valence-electron chi connectivity index (χ1n) is 12.5. The Morgan fingerprint density at radius 1 is 1.00 bits per heavy atom. The molecular formula is C26H35N7O5. The summed E-state index contributed by atoms with van der Waals surface area (Å²) in [6.45, 7) is 4.97. The van der Waals surface area contributed by atoms with Gasteiger partial charge in [-0.25, -0.2) is 4.98 Å². The summed E-state index contributed by atoms with van der Waals surface area (Å²) in [5.41, 5.74) is 8.63. The summed E-state index contributed by atoms with van der Waals surface area (Å²) in [4.78, 5) is 60.5. The normalized spacial score (nSPS) is 15.2. The van der Waals surface area contributed by atoms with Gasteiger partial charge in [-0.1, -0.05) is 38.5 Å². The minimum absolute atomic E-state index is 0.0811. The molecule has 0 aliphatic heterocycles. The minimum Gasteiger partial charge on any atom is -0.480 e. The second-order valence-electron chi connectivity index (χ2n) is 9.45. The molecule has 2 heterocycles. The summed E-state index contributed by atoms with van der Waals surface area (Å²) in [6.07, 6.45) is 5.67. The van der Waals surface area contributed by atoms with E-state index >= 15 is 0 Å². The quantitative estimate of drug-likeness (QED) is 0.170. The molecular weight excluding hydrogens is 490 g/mol. The van der Waals surface area contributed by atoms with E-state index in [4.69, 9.17) is 10.8 Å². The SMILES string of the molecule is CCC(C)C(NC(=O)C(Cc1cnc[nH]1)NC(=O)C(N)Cc1c[nH]c2ccccc12)C(=O)NC(C)C(=O)O. The van der Waals surface area contributed by atoms with Gasteiger partial charge in [-0.3, -0.25) is 19.2 Å². The number of rotatable bonds is 13. The number of imidazole rings is 1. The zero-order valence-electron chi connectivity index (χ0n) is 21.7. The Balaban J connectivity index is 1.74. The lowest BCUT2D eigenvalue weighted by Crippen LogP contribution is -2.59. The summed E-state index contributed by atoms with van der Waals surface area (Å²) in [5.74, 6) is -3.24. The number of carbonyl (C=O) groups is 4. The number of benzene rings is 1. The molecule has 204 valence electrons. The molecule has 38 heavy (non-hydrogen) atoms. The number of H-pyrrole nitrogens is 2. The molecule has 12 nitrogen and oxygen atoms in total. The van der Waals surface area contributed by atoms with Crippen molar-refractivity contribution in [1.82, 2.24) is 30.9 Å². The predicted octanol–water partition coefficient (Wildman–Crippen LogP) is 0.609. The van der Waals surface area contributed by atoms with Crippen LogP contribution in [-0.4, -0.2) is 67.9 Å². The fourth-order valence-corrected chi connectivity index (χ4v) is 4.06. The van der Waals surface area contributed by atoms with Crippen LogP contribution < -0.4 is 21.7 Å². The third-order valence-electron chi connectivity index (χ3n) is 6.59. The minimum atomic E-state index is -1.19. The maximum atomic E-state index is 13.4. The number of carboxylic acid groups (broad SMARTS) is 1. The molecule has 12 heteroatoms. The van der Waals surface area contributed by atoms with Gasteiger partial charge in [-0.2, -0.15) is 0 Å². The van der Waals surface area contributed by atoms with Crippen LogP contribution in [0, 0.1) is 5.92 Å². The van der Waals surface area contributed by atoms with Crippen LogP contribution in [0.4, 0.5) is 0 Å². The summed E-state index contributed by atoms with van der Waals surface area (Å²) in [6, 6.07) is 3.54. The standard InChI is InChI=1S/C26H35N7O5/c1-4-14(2)22(25(36)31-15(3)26(37)38)33-24(35)21(10-17-12-28-13-30-17)32-23(34)19(27)9-16-11-29-20-8-6-5-7-18(16)20/h5-8,11-15,19,21-22,29H,4,9-10,27H2,1-3H3,(H,28,30)(H,31,36)(H,32,34)(H,33,35)(H,37,38). The summed E-state index contributed by atoms with van der Waals surface area (Å²) in [5, 5.41) is 17.9. The van der Waals surface area contributed by atoms with Crippen molar-refractivity contribution in [3.63, 3.8) is 0 Å². The van der Waals surface area contributed by atoms with Crippen LogP contribution in [0.1, 0.15) is 38.4 Å². The second kappa shape index (κ2) is 12.9. The molecule has 8 N–H and O–H groups in total. The Labute approximate surface area is 220 Å². The lowest BCUT2D eigenvalue weighted by Gasteiger charge is -2.27. The van der Waals surface area contributed by atoms with Crippen LogP contribution in [0.25, 0.3) is 10.9 Å². The molecule has 0 spiro atoms. The third-order valence-corrected chi connectivity index (χ3v) is 6.59. The number of aliphatic carboxylic acids is 1. The highest BCUT2D eigenvalue weighted by Crippen LogP contribution is 2.19. The fraction of sp³-hybridized carbons (Fsp3) is 0.423. The molecule has 0 saturated heterocycles. The molecule has 5 atom stereocenters. The van der Waals surface area contributed by atoms with E-state index in [9.17, 15) is 19.2 Å². The molecule has 0 saturated carbocycles. The van der Waals surface area contributed by atoms with E-state index in [2.05, 4.69) is 30.9 Å². The molecule has 0 fully saturated rings. The summed E-state index contributed by atoms with van der Waals surface area (Å²) < 4.78 is 0. The van der Waals surface area contributed by atoms with Gasteiger partial charge in [0.1, 0.15) is 18.1 Å². The van der Waals surface area contributed by atoms with Crippen molar-refractivity contribution in [3.05, 3.63) is 54.2 Å². The van der Waals surface area contributed by atoms with E-state index < -0.39 is 47.9 Å². The number of nitrogens with two attached hydrogens (primary N) is 1. The van der Waals surface area contributed by atoms with Gasteiger partial charge >= 0.3 is 5.97 Å². The van der Waals surface area contributed by atoms with Crippen molar-refractivity contribution in [2.75, 3.05) is 0 Å². The highest BCUT2D eigenvalue weighted by Gasteiger charge is 2.32. The van der Waals surface area contributed by atoms with Gasteiger partial charge in [0.15, 0.2) is 0 Å². The molecule has 0 aliphatic rings. The van der Waals surface area contributed by atoms with Crippen LogP contribution in [-0.2, 0) is 32.0 Å². The van der Waals surface area contributed by atoms with Crippen molar-refractivity contribution in [3.8, 4) is 0 Å². The number of aromatic amines is 2. The second-order valence-corrected chi connectivity index (χ2v) is 9.45. The number of amides is 3. The van der Waals surface area contributed by atoms with Gasteiger partial charge in [0, 0.05) is 35.4 Å². The van der Waals surface area contributed by atoms with Gasteiger partial charge in [0.05, 0.1) is 12.4 Å². The highest BCUT2D eigenvalue weighted by atomic mass is 16.4. The van der Waals surface area contributed by atoms with Crippen LogP contribution in [0.5, 0.6) is 0 Å². The number of nitrogens with one attached hydrogen (secondary N) is 5. The number of fused-ring (bicyclic) bond motifs is 1. The van der Waals surface area contributed by atoms with Crippen molar-refractivity contribution < 1.29 is 24.3 Å². The zero-order chi connectivity index (χ0) is 27.8. The monoisotopic (exact) mass is 525 g/mol. The van der Waals surface area contributed by atoms with Crippen molar-refractivity contribution in [1.29, 1.82) is 0 Å². The van der Waals surface area contributed by atoms with Gasteiger partial charge in [-0.15, -0.1) is 0 Å². The lowest BCUT2D eigenvalue weighted by molar-refractivity contribution is -0.142. The van der Waals surface area contributed by atoms with Gasteiger partial charge in [0.2, 0.25) is 17.7 Å². The van der Waals surface area contributed by atoms with Crippen LogP contribution in [0.2, 0.25) is 0 Å². The van der Waals surface area contributed by atoms with Crippen molar-refractivity contribution in [2.24, 2.45) is 11.7 Å². The van der Waals surface area contributed by atoms with Crippen molar-refractivity contribution in [2.45, 2.75) is 64.2 Å². The number of aromatic nitrogens is 3. The maximum Gasteiger partial charge on any atom is 0.325 e. The first-order chi connectivity index (χ1) is 18.1. The number of para-hydroxylation sites is 1. The van der Waals surface area contributed by atoms with E-state index in [1.165, 1.54) is 19.4 Å². The third kappa shape index (κ3) is 7.19. The van der Waals surface area contributed by atoms with Crippen LogP contribution in [0.3, 0.4) is 0 Å². The Bertz CT molecular complexity index is 1260. The average molecular weight is 526 g/mol. The van der Waals surface area contributed by atoms with E-state index in [1.807, 2.05) is 31.2 Å². The summed E-state index contributed by atoms with van der Waals surface area (Å²) >= 11 is 0. The fourth-order valence-electron chi connectivity index (χ4n) is 4.06. The van der Waals surface area contributed by atoms with E-state index in [-0.39, 0.29) is 18.8 Å². The van der Waals surface area contributed by atoms with Crippen molar-refractivity contribution >= 4 is 34.6 Å². The molecule has 5 unspecified atom stereocenters. The Kier molecular flexibility index (Phi) is 9.61. The lowest BCUT2D eigenvalue weighted by atomic mass is 9.97. The number of hydrogen-bond acceptors (Lipinski definition) is 6. The Morgan fingerprint density at radius 3 is 2.39 bits per heavy atom. The topological polar surface area (TPSA) is 195 Å². The first kappa shape index (κ1) is 28.4. The zero-order valence-corrected chi connectivity index (χ0v) is 21.7. The van der Waals surface area contributed by atoms with Gasteiger partial charge in [-0.05, 0) is 30.9 Å².